The summed E-state index contributed by atoms with van der Waals surface area (Å²) in [5.74, 6) is -1.09. The van der Waals surface area contributed by atoms with E-state index in [1.165, 1.54) is 12.1 Å². The van der Waals surface area contributed by atoms with Crippen LogP contribution < -0.4 is 0 Å². The molecule has 0 aliphatic heterocycles. The van der Waals surface area contributed by atoms with Gasteiger partial charge in [0.2, 0.25) is 5.76 Å². The molecule has 0 bridgehead atoms. The van der Waals surface area contributed by atoms with E-state index in [9.17, 15) is 18.0 Å². The number of furan rings is 1. The van der Waals surface area contributed by atoms with Gasteiger partial charge in [-0.25, -0.2) is 4.79 Å². The second kappa shape index (κ2) is 4.31. The molecule has 2 rings (SSSR count). The number of hydrogen-bond acceptors (Lipinski definition) is 3. The van der Waals surface area contributed by atoms with Gasteiger partial charge in [0, 0.05) is 9.86 Å². The topological polar surface area (TPSA) is 39.4 Å². The van der Waals surface area contributed by atoms with Crippen LogP contribution in [0.5, 0.6) is 0 Å². The van der Waals surface area contributed by atoms with E-state index >= 15 is 0 Å². The number of halogens is 4. The quantitative estimate of drug-likeness (QED) is 0.745. The Hall–Kier alpha value is -1.50. The Morgan fingerprint density at radius 1 is 1.33 bits per heavy atom. The van der Waals surface area contributed by atoms with Gasteiger partial charge in [0.15, 0.2) is 0 Å². The van der Waals surface area contributed by atoms with Crippen molar-refractivity contribution in [1.29, 1.82) is 0 Å². The largest absolute Gasteiger partial charge is 0.463 e. The van der Waals surface area contributed by atoms with E-state index in [4.69, 9.17) is 4.42 Å². The standard InChI is InChI=1S/C11H6BrF3O3/c1-17-10(16)8-3-5-2-6(12)4-7(9(5)18-8)11(13,14)15/h2-4H,1H3. The molecular weight excluding hydrogens is 317 g/mol. The van der Waals surface area contributed by atoms with Gasteiger partial charge in [0.05, 0.1) is 12.7 Å². The molecule has 18 heavy (non-hydrogen) atoms. The summed E-state index contributed by atoms with van der Waals surface area (Å²) in [6.45, 7) is 0. The van der Waals surface area contributed by atoms with Crippen LogP contribution in [0.15, 0.2) is 27.1 Å². The lowest BCUT2D eigenvalue weighted by atomic mass is 10.1. The molecule has 0 aliphatic carbocycles. The molecule has 0 aliphatic rings. The highest BCUT2D eigenvalue weighted by Gasteiger charge is 2.35. The van der Waals surface area contributed by atoms with Crippen LogP contribution in [0.25, 0.3) is 11.0 Å². The first-order valence-electron chi connectivity index (χ1n) is 4.71. The number of carbonyl (C=O) groups is 1. The van der Waals surface area contributed by atoms with Crippen molar-refractivity contribution in [2.75, 3.05) is 7.11 Å². The molecule has 0 saturated heterocycles. The van der Waals surface area contributed by atoms with Gasteiger partial charge >= 0.3 is 12.1 Å². The summed E-state index contributed by atoms with van der Waals surface area (Å²) in [5.41, 5.74) is -1.33. The minimum atomic E-state index is -4.56. The fourth-order valence-electron chi connectivity index (χ4n) is 1.53. The number of hydrogen-bond donors (Lipinski definition) is 0. The highest BCUT2D eigenvalue weighted by atomic mass is 79.9. The first-order valence-corrected chi connectivity index (χ1v) is 5.51. The van der Waals surface area contributed by atoms with Crippen LogP contribution >= 0.6 is 15.9 Å². The minimum absolute atomic E-state index is 0.178. The van der Waals surface area contributed by atoms with Crippen LogP contribution in [0.4, 0.5) is 13.2 Å². The molecule has 0 fully saturated rings. The molecule has 0 N–H and O–H groups in total. The van der Waals surface area contributed by atoms with Gasteiger partial charge in [0.25, 0.3) is 0 Å². The number of carbonyl (C=O) groups excluding carboxylic acids is 1. The molecule has 0 atom stereocenters. The average Bonchev–Trinajstić information content (AvgIpc) is 2.68. The first kappa shape index (κ1) is 12.9. The zero-order valence-electron chi connectivity index (χ0n) is 8.97. The molecule has 0 spiro atoms. The number of methoxy groups -OCH3 is 1. The number of rotatable bonds is 1. The molecule has 1 aromatic heterocycles. The SMILES string of the molecule is COC(=O)c1cc2cc(Br)cc(C(F)(F)F)c2o1. The fourth-order valence-corrected chi connectivity index (χ4v) is 2.00. The van der Waals surface area contributed by atoms with Crippen LogP contribution in [-0.4, -0.2) is 13.1 Å². The van der Waals surface area contributed by atoms with E-state index in [1.807, 2.05) is 0 Å². The van der Waals surface area contributed by atoms with Crippen molar-refractivity contribution in [2.45, 2.75) is 6.18 Å². The Kier molecular flexibility index (Phi) is 3.10. The lowest BCUT2D eigenvalue weighted by Crippen LogP contribution is -2.05. The van der Waals surface area contributed by atoms with Gasteiger partial charge in [0.1, 0.15) is 5.58 Å². The van der Waals surface area contributed by atoms with Crippen LogP contribution in [0.3, 0.4) is 0 Å². The molecule has 0 amide bonds. The Balaban J connectivity index is 2.72. The molecule has 7 heteroatoms. The monoisotopic (exact) mass is 322 g/mol. The van der Waals surface area contributed by atoms with Gasteiger partial charge in [-0.1, -0.05) is 15.9 Å². The smallest absolute Gasteiger partial charge is 0.420 e. The summed E-state index contributed by atoms with van der Waals surface area (Å²) >= 11 is 2.98. The van der Waals surface area contributed by atoms with Crippen molar-refractivity contribution in [3.63, 3.8) is 0 Å². The third-order valence-electron chi connectivity index (χ3n) is 2.27. The third kappa shape index (κ3) is 2.22. The predicted molar refractivity (Wildman–Crippen MR) is 60.3 cm³/mol. The second-order valence-electron chi connectivity index (χ2n) is 3.47. The summed E-state index contributed by atoms with van der Waals surface area (Å²) in [5, 5.41) is 0.178. The molecule has 96 valence electrons. The Labute approximate surface area is 108 Å². The van der Waals surface area contributed by atoms with Crippen LogP contribution in [0.2, 0.25) is 0 Å². The molecule has 1 heterocycles. The van der Waals surface area contributed by atoms with Crippen molar-refractivity contribution in [3.05, 3.63) is 34.0 Å². The Morgan fingerprint density at radius 3 is 2.56 bits per heavy atom. The van der Waals surface area contributed by atoms with Gasteiger partial charge in [-0.3, -0.25) is 0 Å². The second-order valence-corrected chi connectivity index (χ2v) is 4.39. The molecule has 0 unspecified atom stereocenters. The summed E-state index contributed by atoms with van der Waals surface area (Å²) < 4.78 is 47.9. The maximum Gasteiger partial charge on any atom is 0.420 e. The van der Waals surface area contributed by atoms with Gasteiger partial charge in [-0.2, -0.15) is 13.2 Å². The average molecular weight is 323 g/mol. The van der Waals surface area contributed by atoms with E-state index in [0.717, 1.165) is 13.2 Å². The lowest BCUT2D eigenvalue weighted by Gasteiger charge is -2.07. The molecule has 2 aromatic rings. The maximum absolute atomic E-state index is 12.8. The van der Waals surface area contributed by atoms with E-state index in [0.29, 0.717) is 0 Å². The van der Waals surface area contributed by atoms with E-state index in [-0.39, 0.29) is 21.2 Å². The maximum atomic E-state index is 12.8. The highest BCUT2D eigenvalue weighted by Crippen LogP contribution is 2.38. The zero-order chi connectivity index (χ0) is 13.5. The van der Waals surface area contributed by atoms with Crippen LogP contribution in [0.1, 0.15) is 16.1 Å². The van der Waals surface area contributed by atoms with Gasteiger partial charge in [-0.05, 0) is 18.2 Å². The number of alkyl halides is 3. The number of esters is 1. The summed E-state index contributed by atoms with van der Waals surface area (Å²) in [4.78, 5) is 11.2. The predicted octanol–water partition coefficient (Wildman–Crippen LogP) is 4.00. The fraction of sp³-hybridized carbons (Fsp3) is 0.182. The van der Waals surface area contributed by atoms with E-state index < -0.39 is 17.7 Å². The van der Waals surface area contributed by atoms with Crippen LogP contribution in [-0.2, 0) is 10.9 Å². The third-order valence-corrected chi connectivity index (χ3v) is 2.73. The summed E-state index contributed by atoms with van der Waals surface area (Å²) in [6, 6.07) is 3.54. The minimum Gasteiger partial charge on any atom is -0.463 e. The van der Waals surface area contributed by atoms with Crippen molar-refractivity contribution in [2.24, 2.45) is 0 Å². The van der Waals surface area contributed by atoms with E-state index in [1.54, 1.807) is 0 Å². The summed E-state index contributed by atoms with van der Waals surface area (Å²) in [7, 11) is 1.12. The Bertz CT molecular complexity index is 616. The molecular formula is C11H6BrF3O3. The van der Waals surface area contributed by atoms with Crippen molar-refractivity contribution in [3.8, 4) is 0 Å². The number of benzene rings is 1. The number of ether oxygens (including phenoxy) is 1. The van der Waals surface area contributed by atoms with Gasteiger partial charge in [-0.15, -0.1) is 0 Å². The lowest BCUT2D eigenvalue weighted by molar-refractivity contribution is -0.136. The molecule has 1 aromatic carbocycles. The van der Waals surface area contributed by atoms with Crippen molar-refractivity contribution in [1.82, 2.24) is 0 Å². The van der Waals surface area contributed by atoms with Gasteiger partial charge < -0.3 is 9.15 Å². The Morgan fingerprint density at radius 2 is 2.00 bits per heavy atom. The number of fused-ring (bicyclic) bond motifs is 1. The normalized spacial score (nSPS) is 11.8. The van der Waals surface area contributed by atoms with Crippen LogP contribution in [0, 0.1) is 0 Å². The highest BCUT2D eigenvalue weighted by molar-refractivity contribution is 9.10. The molecule has 0 saturated carbocycles. The zero-order valence-corrected chi connectivity index (χ0v) is 10.6. The first-order chi connectivity index (χ1) is 8.32. The molecule has 3 nitrogen and oxygen atoms in total. The molecule has 0 radical (unpaired) electrons. The van der Waals surface area contributed by atoms with Crippen molar-refractivity contribution >= 4 is 32.9 Å². The van der Waals surface area contributed by atoms with E-state index in [2.05, 4.69) is 20.7 Å². The summed E-state index contributed by atoms with van der Waals surface area (Å²) in [6.07, 6.45) is -4.56. The van der Waals surface area contributed by atoms with Crippen molar-refractivity contribution < 1.29 is 27.1 Å².